The van der Waals surface area contributed by atoms with Gasteiger partial charge in [0, 0.05) is 12.1 Å². The monoisotopic (exact) mass is 226 g/mol. The van der Waals surface area contributed by atoms with Gasteiger partial charge in [-0.15, -0.1) is 0 Å². The summed E-state index contributed by atoms with van der Waals surface area (Å²) in [4.78, 5) is 0. The van der Waals surface area contributed by atoms with Crippen LogP contribution in [0.15, 0.2) is 12.1 Å². The highest BCUT2D eigenvalue weighted by atomic mass is 16.5. The minimum absolute atomic E-state index is 0.601. The minimum Gasteiger partial charge on any atom is -0.494 e. The lowest BCUT2D eigenvalue weighted by Gasteiger charge is -2.12. The van der Waals surface area contributed by atoms with Gasteiger partial charge in [-0.05, 0) is 20.8 Å². The molecule has 0 bridgehead atoms. The van der Waals surface area contributed by atoms with Gasteiger partial charge in [-0.3, -0.25) is 0 Å². The Kier molecular flexibility index (Phi) is 4.92. The Morgan fingerprint density at radius 1 is 0.875 bits per heavy atom. The van der Waals surface area contributed by atoms with Gasteiger partial charge in [0.2, 0.25) is 5.69 Å². The molecule has 0 saturated heterocycles. The molecule has 0 fully saturated rings. The molecule has 0 aliphatic heterocycles. The zero-order valence-electron chi connectivity index (χ0n) is 10.2. The number of ether oxygens (including phenoxy) is 3. The standard InChI is InChI=1S/C12H19NO3/c1-4-14-9-7-10(15-5-2)12(13)11(8-9)16-6-3/h7-8H,4-6,13H2,1-3H3/p+1. The number of rotatable bonds is 6. The fourth-order valence-corrected chi connectivity index (χ4v) is 1.41. The molecule has 0 spiro atoms. The summed E-state index contributed by atoms with van der Waals surface area (Å²) < 4.78 is 16.4. The molecule has 0 aliphatic rings. The van der Waals surface area contributed by atoms with E-state index in [0.29, 0.717) is 19.8 Å². The molecule has 0 radical (unpaired) electrons. The van der Waals surface area contributed by atoms with Gasteiger partial charge in [-0.2, -0.15) is 0 Å². The van der Waals surface area contributed by atoms with Gasteiger partial charge >= 0.3 is 0 Å². The molecule has 90 valence electrons. The fourth-order valence-electron chi connectivity index (χ4n) is 1.41. The third-order valence-electron chi connectivity index (χ3n) is 2.05. The number of benzene rings is 1. The lowest BCUT2D eigenvalue weighted by atomic mass is 10.2. The van der Waals surface area contributed by atoms with Gasteiger partial charge in [0.15, 0.2) is 11.5 Å². The van der Waals surface area contributed by atoms with Gasteiger partial charge in [-0.25, -0.2) is 0 Å². The maximum Gasteiger partial charge on any atom is 0.213 e. The molecule has 4 nitrogen and oxygen atoms in total. The lowest BCUT2D eigenvalue weighted by molar-refractivity contribution is -0.258. The van der Waals surface area contributed by atoms with Crippen molar-refractivity contribution in [2.75, 3.05) is 19.8 Å². The van der Waals surface area contributed by atoms with Crippen LogP contribution in [-0.2, 0) is 0 Å². The van der Waals surface area contributed by atoms with Crippen molar-refractivity contribution in [3.8, 4) is 17.2 Å². The van der Waals surface area contributed by atoms with Crippen LogP contribution < -0.4 is 19.9 Å². The predicted octanol–water partition coefficient (Wildman–Crippen LogP) is 1.76. The molecular formula is C12H20NO3+. The van der Waals surface area contributed by atoms with Crippen LogP contribution in [0.2, 0.25) is 0 Å². The molecule has 0 saturated carbocycles. The van der Waals surface area contributed by atoms with Crippen molar-refractivity contribution in [3.05, 3.63) is 12.1 Å². The fraction of sp³-hybridized carbons (Fsp3) is 0.500. The Morgan fingerprint density at radius 3 is 1.69 bits per heavy atom. The molecule has 0 atom stereocenters. The van der Waals surface area contributed by atoms with Crippen molar-refractivity contribution in [2.45, 2.75) is 20.8 Å². The molecule has 0 aromatic heterocycles. The SMILES string of the molecule is CCOc1cc(OCC)c([NH3+])c(OCC)c1. The van der Waals surface area contributed by atoms with E-state index >= 15 is 0 Å². The van der Waals surface area contributed by atoms with E-state index in [9.17, 15) is 0 Å². The van der Waals surface area contributed by atoms with Gasteiger partial charge < -0.3 is 19.9 Å². The molecule has 3 N–H and O–H groups in total. The Hall–Kier alpha value is -1.42. The van der Waals surface area contributed by atoms with Gasteiger partial charge in [-0.1, -0.05) is 0 Å². The highest BCUT2D eigenvalue weighted by Crippen LogP contribution is 2.35. The van der Waals surface area contributed by atoms with E-state index in [-0.39, 0.29) is 0 Å². The van der Waals surface area contributed by atoms with Crippen LogP contribution in [0.3, 0.4) is 0 Å². The second kappa shape index (κ2) is 6.23. The average Bonchev–Trinajstić information content (AvgIpc) is 2.26. The molecule has 0 unspecified atom stereocenters. The Balaban J connectivity index is 3.05. The van der Waals surface area contributed by atoms with E-state index in [0.717, 1.165) is 22.9 Å². The third kappa shape index (κ3) is 3.03. The summed E-state index contributed by atoms with van der Waals surface area (Å²) in [5, 5.41) is 0. The van der Waals surface area contributed by atoms with Gasteiger partial charge in [0.05, 0.1) is 19.8 Å². The summed E-state index contributed by atoms with van der Waals surface area (Å²) >= 11 is 0. The van der Waals surface area contributed by atoms with Crippen LogP contribution in [0.25, 0.3) is 0 Å². The first-order valence-corrected chi connectivity index (χ1v) is 5.61. The Bertz CT molecular complexity index is 312. The molecule has 0 aliphatic carbocycles. The first kappa shape index (κ1) is 12.6. The van der Waals surface area contributed by atoms with E-state index in [2.05, 4.69) is 5.73 Å². The largest absolute Gasteiger partial charge is 0.494 e. The first-order valence-electron chi connectivity index (χ1n) is 5.61. The van der Waals surface area contributed by atoms with Gasteiger partial charge in [0.1, 0.15) is 5.75 Å². The maximum absolute atomic E-state index is 5.49. The number of hydrogen-bond donors (Lipinski definition) is 1. The van der Waals surface area contributed by atoms with Crippen LogP contribution in [0, 0.1) is 0 Å². The maximum atomic E-state index is 5.49. The number of quaternary nitrogens is 1. The summed E-state index contributed by atoms with van der Waals surface area (Å²) in [5.41, 5.74) is 4.72. The smallest absolute Gasteiger partial charge is 0.213 e. The second-order valence-corrected chi connectivity index (χ2v) is 3.20. The van der Waals surface area contributed by atoms with Crippen molar-refractivity contribution in [3.63, 3.8) is 0 Å². The highest BCUT2D eigenvalue weighted by Gasteiger charge is 2.14. The zero-order chi connectivity index (χ0) is 12.0. The average molecular weight is 226 g/mol. The predicted molar refractivity (Wildman–Crippen MR) is 62.5 cm³/mol. The second-order valence-electron chi connectivity index (χ2n) is 3.20. The molecule has 0 amide bonds. The van der Waals surface area contributed by atoms with Crippen molar-refractivity contribution in [1.82, 2.24) is 0 Å². The van der Waals surface area contributed by atoms with Crippen molar-refractivity contribution >= 4 is 5.69 Å². The van der Waals surface area contributed by atoms with Gasteiger partial charge in [0.25, 0.3) is 0 Å². The minimum atomic E-state index is 0.601. The highest BCUT2D eigenvalue weighted by molar-refractivity contribution is 5.60. The summed E-state index contributed by atoms with van der Waals surface area (Å²) in [7, 11) is 0. The lowest BCUT2D eigenvalue weighted by Crippen LogP contribution is -2.41. The van der Waals surface area contributed by atoms with Crippen LogP contribution in [0.4, 0.5) is 5.69 Å². The van der Waals surface area contributed by atoms with Crippen molar-refractivity contribution in [2.24, 2.45) is 0 Å². The third-order valence-corrected chi connectivity index (χ3v) is 2.05. The molecular weight excluding hydrogens is 206 g/mol. The van der Waals surface area contributed by atoms with E-state index in [4.69, 9.17) is 14.2 Å². The van der Waals surface area contributed by atoms with E-state index in [1.54, 1.807) is 0 Å². The Labute approximate surface area is 96.3 Å². The molecule has 16 heavy (non-hydrogen) atoms. The quantitative estimate of drug-likeness (QED) is 0.804. The van der Waals surface area contributed by atoms with Crippen LogP contribution in [0.1, 0.15) is 20.8 Å². The van der Waals surface area contributed by atoms with Crippen LogP contribution in [0.5, 0.6) is 17.2 Å². The summed E-state index contributed by atoms with van der Waals surface area (Å²) in [6, 6.07) is 3.69. The summed E-state index contributed by atoms with van der Waals surface area (Å²) in [5.74, 6) is 2.19. The normalized spacial score (nSPS) is 10.0. The molecule has 1 aromatic rings. The topological polar surface area (TPSA) is 55.3 Å². The Morgan fingerprint density at radius 2 is 1.31 bits per heavy atom. The first-order chi connectivity index (χ1) is 7.72. The summed E-state index contributed by atoms with van der Waals surface area (Å²) in [6.07, 6.45) is 0. The molecule has 0 heterocycles. The van der Waals surface area contributed by atoms with E-state index in [1.165, 1.54) is 0 Å². The summed E-state index contributed by atoms with van der Waals surface area (Å²) in [6.45, 7) is 7.64. The molecule has 1 rings (SSSR count). The number of hydrogen-bond acceptors (Lipinski definition) is 3. The van der Waals surface area contributed by atoms with Crippen LogP contribution >= 0.6 is 0 Å². The van der Waals surface area contributed by atoms with Crippen molar-refractivity contribution in [1.29, 1.82) is 0 Å². The van der Waals surface area contributed by atoms with E-state index < -0.39 is 0 Å². The molecule has 4 heteroatoms. The van der Waals surface area contributed by atoms with Crippen molar-refractivity contribution < 1.29 is 19.9 Å². The molecule has 1 aromatic carbocycles. The van der Waals surface area contributed by atoms with Crippen LogP contribution in [-0.4, -0.2) is 19.8 Å². The van der Waals surface area contributed by atoms with E-state index in [1.807, 2.05) is 32.9 Å². The zero-order valence-corrected chi connectivity index (χ0v) is 10.2.